The highest BCUT2D eigenvalue weighted by Gasteiger charge is 2.52. The van der Waals surface area contributed by atoms with Gasteiger partial charge in [-0.3, -0.25) is 4.79 Å². The number of nitriles is 1. The third kappa shape index (κ3) is 4.03. The molecule has 2 aromatic carbocycles. The van der Waals surface area contributed by atoms with Crippen LogP contribution in [0.5, 0.6) is 0 Å². The summed E-state index contributed by atoms with van der Waals surface area (Å²) in [5.41, 5.74) is -0.406. The van der Waals surface area contributed by atoms with Crippen LogP contribution in [0.2, 0.25) is 0 Å². The highest BCUT2D eigenvalue weighted by Crippen LogP contribution is 2.32. The highest BCUT2D eigenvalue weighted by atomic mass is 19.4. The Labute approximate surface area is 182 Å². The van der Waals surface area contributed by atoms with E-state index in [0.717, 1.165) is 23.1 Å². The smallest absolute Gasteiger partial charge is 0.268 e. The number of alkyl halides is 3. The summed E-state index contributed by atoms with van der Waals surface area (Å²) in [6, 6.07) is 9.31. The van der Waals surface area contributed by atoms with Gasteiger partial charge in [0.05, 0.1) is 29.4 Å². The molecule has 3 rings (SSSR count). The normalized spacial score (nSPS) is 16.3. The molecule has 32 heavy (non-hydrogen) atoms. The van der Waals surface area contributed by atoms with Crippen molar-refractivity contribution in [3.05, 3.63) is 65.0 Å². The quantitative estimate of drug-likeness (QED) is 0.500. The molecular formula is C22H21F4N4O2+. The first-order chi connectivity index (χ1) is 15.1. The number of nitrogens with zero attached hydrogens (tertiary/aromatic N) is 4. The minimum absolute atomic E-state index is 0.0753. The lowest BCUT2D eigenvalue weighted by Gasteiger charge is -2.47. The summed E-state index contributed by atoms with van der Waals surface area (Å²) in [6.07, 6.45) is -4.48. The van der Waals surface area contributed by atoms with Crippen molar-refractivity contribution < 1.29 is 31.7 Å². The zero-order valence-electron chi connectivity index (χ0n) is 17.5. The van der Waals surface area contributed by atoms with E-state index in [4.69, 9.17) is 5.26 Å². The number of halogens is 4. The topological polar surface area (TPSA) is 64.4 Å². The zero-order valence-corrected chi connectivity index (χ0v) is 17.5. The van der Waals surface area contributed by atoms with Crippen LogP contribution in [0.1, 0.15) is 30.5 Å². The van der Waals surface area contributed by atoms with Gasteiger partial charge in [0.1, 0.15) is 25.5 Å². The Morgan fingerprint density at radius 1 is 1.06 bits per heavy atom. The van der Waals surface area contributed by atoms with E-state index in [-0.39, 0.29) is 30.9 Å². The summed E-state index contributed by atoms with van der Waals surface area (Å²) in [5.74, 6) is -1.27. The zero-order chi connectivity index (χ0) is 23.7. The predicted molar refractivity (Wildman–Crippen MR) is 107 cm³/mol. The number of hydrogen-bond acceptors (Lipinski definition) is 3. The first kappa shape index (κ1) is 23.2. The molecule has 168 valence electrons. The van der Waals surface area contributed by atoms with Crippen molar-refractivity contribution in [3.63, 3.8) is 0 Å². The molecule has 1 aliphatic rings. The first-order valence-electron chi connectivity index (χ1n) is 9.93. The molecule has 0 unspecified atom stereocenters. The molecule has 0 aromatic heterocycles. The Morgan fingerprint density at radius 3 is 2.19 bits per heavy atom. The van der Waals surface area contributed by atoms with E-state index >= 15 is 0 Å². The van der Waals surface area contributed by atoms with Crippen LogP contribution in [-0.4, -0.2) is 41.2 Å². The van der Waals surface area contributed by atoms with Crippen molar-refractivity contribution in [1.82, 2.24) is 5.01 Å². The molecule has 2 aromatic rings. The van der Waals surface area contributed by atoms with Gasteiger partial charge in [0.2, 0.25) is 0 Å². The molecule has 3 amide bonds. The molecule has 0 saturated carbocycles. The predicted octanol–water partition coefficient (Wildman–Crippen LogP) is 4.46. The van der Waals surface area contributed by atoms with E-state index in [9.17, 15) is 27.2 Å². The van der Waals surface area contributed by atoms with Crippen LogP contribution in [0.4, 0.5) is 28.0 Å². The number of hydrogen-bond donors (Lipinski definition) is 0. The van der Waals surface area contributed by atoms with Crippen LogP contribution in [0.25, 0.3) is 0 Å². The first-order valence-corrected chi connectivity index (χ1v) is 9.93. The second-order valence-corrected chi connectivity index (χ2v) is 7.35. The summed E-state index contributed by atoms with van der Waals surface area (Å²) in [7, 11) is 0. The molecule has 1 fully saturated rings. The maximum absolute atomic E-state index is 14.6. The summed E-state index contributed by atoms with van der Waals surface area (Å²) in [4.78, 5) is 27.6. The standard InChI is InChI=1S/C22H21F4N4O2/c1-3-30(4-2)21(32)28(19-10-7-16(12-27)11-18(19)23)14-20(31)29(30)13-15-5-8-17(9-6-15)22(24,25)26/h5-11H,3-4,13-14H2,1-2H3/q+1. The highest BCUT2D eigenvalue weighted by molar-refractivity contribution is 5.97. The fraction of sp³-hybridized carbons (Fsp3) is 0.318. The molecule has 0 radical (unpaired) electrons. The van der Waals surface area contributed by atoms with E-state index in [1.54, 1.807) is 13.8 Å². The van der Waals surface area contributed by atoms with Crippen molar-refractivity contribution in [1.29, 1.82) is 5.26 Å². The molecule has 0 N–H and O–H groups in total. The van der Waals surface area contributed by atoms with Crippen LogP contribution in [-0.2, 0) is 17.5 Å². The van der Waals surface area contributed by atoms with Crippen molar-refractivity contribution in [2.24, 2.45) is 0 Å². The monoisotopic (exact) mass is 449 g/mol. The van der Waals surface area contributed by atoms with Gasteiger partial charge in [0, 0.05) is 0 Å². The second kappa shape index (κ2) is 8.59. The number of carbonyl (C=O) groups excluding carboxylic acids is 2. The van der Waals surface area contributed by atoms with Crippen LogP contribution in [0, 0.1) is 17.1 Å². The van der Waals surface area contributed by atoms with Gasteiger partial charge < -0.3 is 0 Å². The van der Waals surface area contributed by atoms with Gasteiger partial charge >= 0.3 is 12.2 Å². The number of benzene rings is 2. The fourth-order valence-electron chi connectivity index (χ4n) is 3.84. The maximum atomic E-state index is 14.6. The molecule has 10 heteroatoms. The average Bonchev–Trinajstić information content (AvgIpc) is 2.76. The van der Waals surface area contributed by atoms with Crippen LogP contribution in [0.3, 0.4) is 0 Å². The number of urea groups is 1. The Kier molecular flexibility index (Phi) is 6.23. The van der Waals surface area contributed by atoms with Gasteiger partial charge in [-0.25, -0.2) is 14.1 Å². The number of rotatable bonds is 5. The van der Waals surface area contributed by atoms with Gasteiger partial charge in [0.15, 0.2) is 0 Å². The Hall–Kier alpha value is -3.45. The van der Waals surface area contributed by atoms with E-state index in [2.05, 4.69) is 0 Å². The van der Waals surface area contributed by atoms with Crippen LogP contribution >= 0.6 is 0 Å². The van der Waals surface area contributed by atoms with Gasteiger partial charge in [-0.1, -0.05) is 12.1 Å². The second-order valence-electron chi connectivity index (χ2n) is 7.35. The summed E-state index contributed by atoms with van der Waals surface area (Å²) in [5, 5.41) is 10.2. The largest absolute Gasteiger partial charge is 0.448 e. The van der Waals surface area contributed by atoms with Crippen molar-refractivity contribution in [3.8, 4) is 6.07 Å². The lowest BCUT2D eigenvalue weighted by molar-refractivity contribution is -0.953. The van der Waals surface area contributed by atoms with Gasteiger partial charge in [-0.05, 0) is 49.7 Å². The van der Waals surface area contributed by atoms with E-state index in [0.29, 0.717) is 5.56 Å². The third-order valence-electron chi connectivity index (χ3n) is 5.66. The molecular weight excluding hydrogens is 428 g/mol. The maximum Gasteiger partial charge on any atom is 0.448 e. The van der Waals surface area contributed by atoms with Crippen molar-refractivity contribution in [2.75, 3.05) is 24.5 Å². The summed E-state index contributed by atoms with van der Waals surface area (Å²) in [6.45, 7) is 3.25. The molecule has 1 heterocycles. The SMILES string of the molecule is CC[N+]1(CC)C(=O)N(c2ccc(C#N)cc2F)CC(=O)N1Cc1ccc(C(F)(F)F)cc1. The van der Waals surface area contributed by atoms with Gasteiger partial charge in [-0.2, -0.15) is 23.4 Å². The van der Waals surface area contributed by atoms with Crippen LogP contribution < -0.4 is 4.90 Å². The Balaban J connectivity index is 1.96. The third-order valence-corrected chi connectivity index (χ3v) is 5.66. The van der Waals surface area contributed by atoms with Crippen LogP contribution in [0.15, 0.2) is 42.5 Å². The lowest BCUT2D eigenvalue weighted by atomic mass is 10.1. The van der Waals surface area contributed by atoms with E-state index < -0.39 is 40.6 Å². The molecule has 0 spiro atoms. The van der Waals surface area contributed by atoms with Crippen molar-refractivity contribution in [2.45, 2.75) is 26.6 Å². The molecule has 0 atom stereocenters. The van der Waals surface area contributed by atoms with Gasteiger partial charge in [-0.15, -0.1) is 4.59 Å². The van der Waals surface area contributed by atoms with E-state index in [1.165, 1.54) is 29.3 Å². The number of quaternary nitrogens is 1. The summed E-state index contributed by atoms with van der Waals surface area (Å²) < 4.78 is 52.7. The molecule has 1 aliphatic heterocycles. The van der Waals surface area contributed by atoms with E-state index in [1.807, 2.05) is 6.07 Å². The number of amides is 3. The van der Waals surface area contributed by atoms with Crippen molar-refractivity contribution >= 4 is 17.6 Å². The minimum atomic E-state index is -4.48. The number of anilines is 1. The minimum Gasteiger partial charge on any atom is -0.268 e. The fourth-order valence-corrected chi connectivity index (χ4v) is 3.84. The summed E-state index contributed by atoms with van der Waals surface area (Å²) >= 11 is 0. The Morgan fingerprint density at radius 2 is 1.69 bits per heavy atom. The molecule has 0 aliphatic carbocycles. The number of carbonyl (C=O) groups is 2. The Bertz CT molecular complexity index is 1070. The molecule has 0 bridgehead atoms. The molecule has 6 nitrogen and oxygen atoms in total. The lowest BCUT2D eigenvalue weighted by Crippen LogP contribution is -2.73. The molecule has 1 saturated heterocycles. The van der Waals surface area contributed by atoms with Gasteiger partial charge in [0.25, 0.3) is 5.91 Å². The average molecular weight is 449 g/mol.